The molecule has 1 aliphatic heterocycles. The third kappa shape index (κ3) is 4.36. The van der Waals surface area contributed by atoms with Crippen molar-refractivity contribution in [3.63, 3.8) is 0 Å². The van der Waals surface area contributed by atoms with Gasteiger partial charge in [0.1, 0.15) is 11.5 Å². The molecule has 0 bridgehead atoms. The molecular weight excluding hydrogens is 441 g/mol. The number of pyridine rings is 1. The summed E-state index contributed by atoms with van der Waals surface area (Å²) in [6.45, 7) is 4.06. The second kappa shape index (κ2) is 8.92. The average Bonchev–Trinajstić information content (AvgIpc) is 3.31. The Bertz CT molecular complexity index is 1190. The lowest BCUT2D eigenvalue weighted by Gasteiger charge is -2.12. The van der Waals surface area contributed by atoms with Gasteiger partial charge in [0.2, 0.25) is 0 Å². The Morgan fingerprint density at radius 2 is 2.10 bits per heavy atom. The number of rotatable bonds is 5. The van der Waals surface area contributed by atoms with Crippen molar-refractivity contribution in [2.75, 3.05) is 6.54 Å². The van der Waals surface area contributed by atoms with E-state index in [9.17, 15) is 4.79 Å². The number of aromatic nitrogens is 1. The number of carbonyl (C=O) groups is 1. The van der Waals surface area contributed by atoms with Crippen molar-refractivity contribution in [3.05, 3.63) is 88.2 Å². The standard InChI is InChI=1S/C22H15Cl2N3O2S/c1-2-10-27-21(28)20(30-22(27)26-18-8-9-25-13-17(18)24)12-16-6-7-19(29-16)14-4-3-5-15(23)11-14/h2-9,11-13H,1,10H2/b20-12+,26-22?. The normalized spacial score (nSPS) is 16.6. The van der Waals surface area contributed by atoms with Gasteiger partial charge in [-0.15, -0.1) is 6.58 Å². The number of carbonyl (C=O) groups excluding carboxylic acids is 1. The maximum atomic E-state index is 12.9. The molecule has 2 aromatic heterocycles. The lowest BCUT2D eigenvalue weighted by atomic mass is 10.2. The van der Waals surface area contributed by atoms with Crippen LogP contribution in [0, 0.1) is 0 Å². The Labute approximate surface area is 187 Å². The first-order valence-corrected chi connectivity index (χ1v) is 10.5. The Kier molecular flexibility index (Phi) is 6.08. The second-order valence-corrected chi connectivity index (χ2v) is 8.10. The molecule has 0 atom stereocenters. The van der Waals surface area contributed by atoms with Crippen molar-refractivity contribution < 1.29 is 9.21 Å². The molecule has 0 spiro atoms. The van der Waals surface area contributed by atoms with Gasteiger partial charge in [-0.3, -0.25) is 14.7 Å². The summed E-state index contributed by atoms with van der Waals surface area (Å²) in [6, 6.07) is 12.7. The Morgan fingerprint density at radius 3 is 2.87 bits per heavy atom. The van der Waals surface area contributed by atoms with E-state index in [0.717, 1.165) is 5.56 Å². The molecule has 3 heterocycles. The lowest BCUT2D eigenvalue weighted by molar-refractivity contribution is -0.121. The largest absolute Gasteiger partial charge is 0.457 e. The summed E-state index contributed by atoms with van der Waals surface area (Å²) in [5.74, 6) is 1.05. The zero-order chi connectivity index (χ0) is 21.1. The Morgan fingerprint density at radius 1 is 1.23 bits per heavy atom. The number of thioether (sulfide) groups is 1. The number of amidine groups is 1. The number of amides is 1. The van der Waals surface area contributed by atoms with Crippen LogP contribution in [0.5, 0.6) is 0 Å². The van der Waals surface area contributed by atoms with Gasteiger partial charge in [-0.1, -0.05) is 41.4 Å². The molecule has 3 aromatic rings. The van der Waals surface area contributed by atoms with E-state index in [1.807, 2.05) is 30.3 Å². The first kappa shape index (κ1) is 20.5. The fourth-order valence-corrected chi connectivity index (χ4v) is 4.13. The summed E-state index contributed by atoms with van der Waals surface area (Å²) in [6.07, 6.45) is 6.46. The van der Waals surface area contributed by atoms with Crippen LogP contribution in [0.4, 0.5) is 5.69 Å². The molecule has 1 aliphatic rings. The van der Waals surface area contributed by atoms with E-state index in [2.05, 4.69) is 16.6 Å². The molecule has 0 unspecified atom stereocenters. The van der Waals surface area contributed by atoms with E-state index in [1.54, 1.807) is 35.4 Å². The van der Waals surface area contributed by atoms with Crippen molar-refractivity contribution in [1.29, 1.82) is 0 Å². The molecule has 8 heteroatoms. The third-order valence-corrected chi connectivity index (χ3v) is 5.71. The predicted molar refractivity (Wildman–Crippen MR) is 123 cm³/mol. The monoisotopic (exact) mass is 455 g/mol. The quantitative estimate of drug-likeness (QED) is 0.328. The van der Waals surface area contributed by atoms with E-state index in [-0.39, 0.29) is 5.91 Å². The summed E-state index contributed by atoms with van der Waals surface area (Å²) in [5.41, 5.74) is 1.40. The van der Waals surface area contributed by atoms with Crippen molar-refractivity contribution in [1.82, 2.24) is 9.88 Å². The molecule has 4 rings (SSSR count). The summed E-state index contributed by atoms with van der Waals surface area (Å²) >= 11 is 13.5. The van der Waals surface area contributed by atoms with Gasteiger partial charge in [0.15, 0.2) is 5.17 Å². The first-order chi connectivity index (χ1) is 14.5. The van der Waals surface area contributed by atoms with Crippen LogP contribution in [0.2, 0.25) is 10.0 Å². The van der Waals surface area contributed by atoms with Gasteiger partial charge in [-0.05, 0) is 42.1 Å². The van der Waals surface area contributed by atoms with Gasteiger partial charge in [0, 0.05) is 35.6 Å². The molecule has 150 valence electrons. The maximum absolute atomic E-state index is 12.9. The summed E-state index contributed by atoms with van der Waals surface area (Å²) in [5, 5.41) is 1.55. The molecular formula is C22H15Cl2N3O2S. The number of benzene rings is 1. The van der Waals surface area contributed by atoms with Crippen LogP contribution in [0.1, 0.15) is 5.76 Å². The van der Waals surface area contributed by atoms with Gasteiger partial charge in [0.25, 0.3) is 5.91 Å². The zero-order valence-electron chi connectivity index (χ0n) is 15.6. The number of aliphatic imine (C=N–C) groups is 1. The van der Waals surface area contributed by atoms with E-state index in [0.29, 0.717) is 43.9 Å². The van der Waals surface area contributed by atoms with Crippen LogP contribution >= 0.6 is 35.0 Å². The highest BCUT2D eigenvalue weighted by atomic mass is 35.5. The highest BCUT2D eigenvalue weighted by Crippen LogP contribution is 2.36. The minimum Gasteiger partial charge on any atom is -0.457 e. The molecule has 1 amide bonds. The predicted octanol–water partition coefficient (Wildman–Crippen LogP) is 6.44. The lowest BCUT2D eigenvalue weighted by Crippen LogP contribution is -2.29. The molecule has 30 heavy (non-hydrogen) atoms. The highest BCUT2D eigenvalue weighted by Gasteiger charge is 2.33. The summed E-state index contributed by atoms with van der Waals surface area (Å²) in [4.78, 5) is 23.4. The number of furan rings is 1. The van der Waals surface area contributed by atoms with Crippen LogP contribution in [0.3, 0.4) is 0 Å². The third-order valence-electron chi connectivity index (χ3n) is 4.18. The van der Waals surface area contributed by atoms with Gasteiger partial charge in [-0.25, -0.2) is 4.99 Å². The van der Waals surface area contributed by atoms with Gasteiger partial charge >= 0.3 is 0 Å². The van der Waals surface area contributed by atoms with Crippen molar-refractivity contribution in [2.24, 2.45) is 4.99 Å². The number of halogens is 2. The average molecular weight is 456 g/mol. The minimum absolute atomic E-state index is 0.176. The van der Waals surface area contributed by atoms with Gasteiger partial charge in [-0.2, -0.15) is 0 Å². The number of hydrogen-bond donors (Lipinski definition) is 0. The minimum atomic E-state index is -0.176. The molecule has 5 nitrogen and oxygen atoms in total. The molecule has 0 aliphatic carbocycles. The molecule has 0 saturated carbocycles. The van der Waals surface area contributed by atoms with E-state index in [4.69, 9.17) is 27.6 Å². The summed E-state index contributed by atoms with van der Waals surface area (Å²) in [7, 11) is 0. The Hall–Kier alpha value is -2.80. The maximum Gasteiger partial charge on any atom is 0.267 e. The van der Waals surface area contributed by atoms with E-state index in [1.165, 1.54) is 18.0 Å². The Balaban J connectivity index is 1.65. The van der Waals surface area contributed by atoms with Crippen LogP contribution in [-0.2, 0) is 4.79 Å². The van der Waals surface area contributed by atoms with E-state index >= 15 is 0 Å². The first-order valence-electron chi connectivity index (χ1n) is 8.91. The van der Waals surface area contributed by atoms with E-state index < -0.39 is 0 Å². The van der Waals surface area contributed by atoms with Crippen molar-refractivity contribution >= 4 is 57.8 Å². The molecule has 0 radical (unpaired) electrons. The molecule has 1 saturated heterocycles. The van der Waals surface area contributed by atoms with Crippen LogP contribution in [0.25, 0.3) is 17.4 Å². The van der Waals surface area contributed by atoms with Crippen molar-refractivity contribution in [3.8, 4) is 11.3 Å². The fraction of sp³-hybridized carbons (Fsp3) is 0.0455. The molecule has 1 fully saturated rings. The zero-order valence-corrected chi connectivity index (χ0v) is 17.9. The summed E-state index contributed by atoms with van der Waals surface area (Å²) < 4.78 is 5.89. The topological polar surface area (TPSA) is 58.7 Å². The SMILES string of the molecule is C=CCN1C(=O)/C(=C\c2ccc(-c3cccc(Cl)c3)o2)SC1=Nc1ccncc1Cl. The second-order valence-electron chi connectivity index (χ2n) is 6.25. The van der Waals surface area contributed by atoms with Crippen molar-refractivity contribution in [2.45, 2.75) is 0 Å². The van der Waals surface area contributed by atoms with Gasteiger partial charge < -0.3 is 4.42 Å². The van der Waals surface area contributed by atoms with Gasteiger partial charge in [0.05, 0.1) is 15.6 Å². The molecule has 1 aromatic carbocycles. The van der Waals surface area contributed by atoms with Crippen LogP contribution in [-0.4, -0.2) is 27.5 Å². The number of nitrogens with zero attached hydrogens (tertiary/aromatic N) is 3. The number of hydrogen-bond acceptors (Lipinski definition) is 5. The smallest absolute Gasteiger partial charge is 0.267 e. The fourth-order valence-electron chi connectivity index (χ4n) is 2.80. The highest BCUT2D eigenvalue weighted by molar-refractivity contribution is 8.18. The molecule has 0 N–H and O–H groups in total. The van der Waals surface area contributed by atoms with Crippen LogP contribution in [0.15, 0.2) is 81.8 Å². The van der Waals surface area contributed by atoms with Crippen LogP contribution < -0.4 is 0 Å².